The number of anilines is 2. The number of aromatic nitrogens is 2. The minimum absolute atomic E-state index is 0.101. The number of hydrogen-bond acceptors (Lipinski definition) is 4. The average Bonchev–Trinajstić information content (AvgIpc) is 3.55. The second-order valence-electron chi connectivity index (χ2n) is 9.88. The third-order valence-electron chi connectivity index (χ3n) is 7.55. The van der Waals surface area contributed by atoms with Crippen LogP contribution in [0.25, 0.3) is 22.2 Å². The van der Waals surface area contributed by atoms with Crippen molar-refractivity contribution in [2.24, 2.45) is 0 Å². The molecule has 2 bridgehead atoms. The van der Waals surface area contributed by atoms with E-state index >= 15 is 0 Å². The van der Waals surface area contributed by atoms with Gasteiger partial charge in [0.25, 0.3) is 5.91 Å². The molecule has 2 atom stereocenters. The molecule has 174 valence electrons. The van der Waals surface area contributed by atoms with E-state index < -0.39 is 0 Å². The standard InChI is InChI=1S/C29H27N5O/c35-29-27(26(17-6-2-1-3-7-17)28-32-24-8-4-5-9-25(24)33-28)22-16-20(12-13-23(22)34-29)31-21-14-18-10-11-19(15-21)30-18/h1-9,12-13,16,18-19,21,30-31H,10-11,14-15H2,(H,32,33)(H,34,35)/b27-26-. The van der Waals surface area contributed by atoms with Crippen molar-refractivity contribution in [3.63, 3.8) is 0 Å². The zero-order chi connectivity index (χ0) is 23.4. The van der Waals surface area contributed by atoms with E-state index in [1.165, 1.54) is 12.8 Å². The van der Waals surface area contributed by atoms with Gasteiger partial charge in [0.15, 0.2) is 0 Å². The number of nitrogens with one attached hydrogen (secondary N) is 4. The highest BCUT2D eigenvalue weighted by molar-refractivity contribution is 6.38. The van der Waals surface area contributed by atoms with Gasteiger partial charge in [0.1, 0.15) is 5.82 Å². The Balaban J connectivity index is 1.35. The number of piperidine rings is 1. The fourth-order valence-electron chi connectivity index (χ4n) is 5.99. The van der Waals surface area contributed by atoms with E-state index in [1.807, 2.05) is 60.7 Å². The minimum Gasteiger partial charge on any atom is -0.382 e. The van der Waals surface area contributed by atoms with Crippen molar-refractivity contribution < 1.29 is 4.79 Å². The number of fused-ring (bicyclic) bond motifs is 4. The maximum absolute atomic E-state index is 13.4. The number of amides is 1. The number of rotatable bonds is 4. The van der Waals surface area contributed by atoms with Gasteiger partial charge in [-0.05, 0) is 61.6 Å². The monoisotopic (exact) mass is 461 g/mol. The van der Waals surface area contributed by atoms with E-state index in [1.54, 1.807) is 0 Å². The van der Waals surface area contributed by atoms with Crippen LogP contribution in [0.4, 0.5) is 11.4 Å². The summed E-state index contributed by atoms with van der Waals surface area (Å²) >= 11 is 0. The van der Waals surface area contributed by atoms with Crippen LogP contribution in [0, 0.1) is 0 Å². The molecule has 2 fully saturated rings. The third-order valence-corrected chi connectivity index (χ3v) is 7.55. The van der Waals surface area contributed by atoms with Gasteiger partial charge in [-0.15, -0.1) is 0 Å². The highest BCUT2D eigenvalue weighted by atomic mass is 16.2. The lowest BCUT2D eigenvalue weighted by Gasteiger charge is -2.30. The molecule has 6 nitrogen and oxygen atoms in total. The second-order valence-corrected chi connectivity index (χ2v) is 9.88. The molecule has 0 aliphatic carbocycles. The van der Waals surface area contributed by atoms with E-state index in [0.717, 1.165) is 51.9 Å². The van der Waals surface area contributed by atoms with Crippen LogP contribution in [0.2, 0.25) is 0 Å². The van der Waals surface area contributed by atoms with Gasteiger partial charge in [0.05, 0.1) is 16.6 Å². The molecule has 0 spiro atoms. The molecule has 4 N–H and O–H groups in total. The summed E-state index contributed by atoms with van der Waals surface area (Å²) in [6.07, 6.45) is 4.83. The molecule has 1 aromatic heterocycles. The van der Waals surface area contributed by atoms with E-state index in [9.17, 15) is 4.79 Å². The molecule has 1 amide bonds. The van der Waals surface area contributed by atoms with Crippen LogP contribution < -0.4 is 16.0 Å². The molecule has 4 heterocycles. The van der Waals surface area contributed by atoms with Gasteiger partial charge in [0.2, 0.25) is 0 Å². The fourth-order valence-corrected chi connectivity index (χ4v) is 5.99. The number of para-hydroxylation sites is 2. The molecular formula is C29H27N5O. The predicted molar refractivity (Wildman–Crippen MR) is 140 cm³/mol. The number of carbonyl (C=O) groups excluding carboxylic acids is 1. The van der Waals surface area contributed by atoms with Crippen LogP contribution in [-0.2, 0) is 4.79 Å². The van der Waals surface area contributed by atoms with E-state index in [-0.39, 0.29) is 5.91 Å². The Labute approximate surface area is 203 Å². The lowest BCUT2D eigenvalue weighted by molar-refractivity contribution is -0.110. The van der Waals surface area contributed by atoms with Gasteiger partial charge >= 0.3 is 0 Å². The third kappa shape index (κ3) is 3.61. The molecule has 0 radical (unpaired) electrons. The van der Waals surface area contributed by atoms with Gasteiger partial charge < -0.3 is 20.9 Å². The molecule has 0 saturated carbocycles. The lowest BCUT2D eigenvalue weighted by atomic mass is 9.94. The smallest absolute Gasteiger partial charge is 0.257 e. The molecule has 3 aromatic carbocycles. The fraction of sp³-hybridized carbons (Fsp3) is 0.241. The van der Waals surface area contributed by atoms with E-state index in [0.29, 0.717) is 29.5 Å². The zero-order valence-electron chi connectivity index (χ0n) is 19.3. The highest BCUT2D eigenvalue weighted by Crippen LogP contribution is 2.41. The quantitative estimate of drug-likeness (QED) is 0.316. The van der Waals surface area contributed by atoms with Gasteiger partial charge in [-0.25, -0.2) is 4.98 Å². The summed E-state index contributed by atoms with van der Waals surface area (Å²) in [5.41, 5.74) is 7.06. The maximum atomic E-state index is 13.4. The minimum atomic E-state index is -0.101. The Morgan fingerprint density at radius 1 is 0.914 bits per heavy atom. The SMILES string of the molecule is O=C1Nc2ccc(NC3CC4CCC(C3)N4)cc2/C1=C(\c1ccccc1)c1nc2ccccc2[nH]1. The number of nitrogens with zero attached hydrogens (tertiary/aromatic N) is 1. The van der Waals surface area contributed by atoms with Gasteiger partial charge in [-0.1, -0.05) is 42.5 Å². The Morgan fingerprint density at radius 2 is 1.69 bits per heavy atom. The van der Waals surface area contributed by atoms with Crippen molar-refractivity contribution in [3.8, 4) is 0 Å². The predicted octanol–water partition coefficient (Wildman–Crippen LogP) is 5.17. The topological polar surface area (TPSA) is 81.8 Å². The molecule has 6 heteroatoms. The Hall–Kier alpha value is -3.90. The summed E-state index contributed by atoms with van der Waals surface area (Å²) < 4.78 is 0. The second kappa shape index (κ2) is 8.10. The van der Waals surface area contributed by atoms with Gasteiger partial charge in [0, 0.05) is 40.6 Å². The Bertz CT molecular complexity index is 1430. The molecule has 4 aromatic rings. The number of imidazole rings is 1. The van der Waals surface area contributed by atoms with Crippen molar-refractivity contribution in [1.82, 2.24) is 15.3 Å². The number of benzene rings is 3. The number of aromatic amines is 1. The highest BCUT2D eigenvalue weighted by Gasteiger charge is 2.34. The molecule has 3 aliphatic heterocycles. The van der Waals surface area contributed by atoms with Crippen molar-refractivity contribution in [2.75, 3.05) is 10.6 Å². The zero-order valence-corrected chi connectivity index (χ0v) is 19.3. The Morgan fingerprint density at radius 3 is 2.49 bits per heavy atom. The van der Waals surface area contributed by atoms with Crippen LogP contribution in [0.1, 0.15) is 42.6 Å². The maximum Gasteiger partial charge on any atom is 0.257 e. The van der Waals surface area contributed by atoms with Gasteiger partial charge in [-0.2, -0.15) is 0 Å². The van der Waals surface area contributed by atoms with Crippen LogP contribution in [0.3, 0.4) is 0 Å². The van der Waals surface area contributed by atoms with E-state index in [2.05, 4.69) is 33.1 Å². The number of hydrogen-bond donors (Lipinski definition) is 4. The van der Waals surface area contributed by atoms with Gasteiger partial charge in [-0.3, -0.25) is 4.79 Å². The molecule has 2 unspecified atom stereocenters. The van der Waals surface area contributed by atoms with Crippen LogP contribution in [-0.4, -0.2) is 34.0 Å². The van der Waals surface area contributed by atoms with Crippen LogP contribution in [0.15, 0.2) is 72.8 Å². The van der Waals surface area contributed by atoms with Crippen LogP contribution >= 0.6 is 0 Å². The summed E-state index contributed by atoms with van der Waals surface area (Å²) in [5.74, 6) is 0.597. The first-order valence-corrected chi connectivity index (χ1v) is 12.4. The summed E-state index contributed by atoms with van der Waals surface area (Å²) in [4.78, 5) is 21.7. The summed E-state index contributed by atoms with van der Waals surface area (Å²) in [5, 5.41) is 10.6. The molecule has 7 rings (SSSR count). The van der Waals surface area contributed by atoms with Crippen molar-refractivity contribution in [2.45, 2.75) is 43.8 Å². The van der Waals surface area contributed by atoms with Crippen molar-refractivity contribution in [1.29, 1.82) is 0 Å². The normalized spacial score (nSPS) is 24.3. The van der Waals surface area contributed by atoms with Crippen LogP contribution in [0.5, 0.6) is 0 Å². The lowest BCUT2D eigenvalue weighted by Crippen LogP contribution is -2.43. The first kappa shape index (κ1) is 20.5. The number of carbonyl (C=O) groups is 1. The average molecular weight is 462 g/mol. The first-order chi connectivity index (χ1) is 17.2. The molecule has 2 saturated heterocycles. The largest absolute Gasteiger partial charge is 0.382 e. The molecule has 35 heavy (non-hydrogen) atoms. The van der Waals surface area contributed by atoms with Crippen molar-refractivity contribution >= 4 is 39.5 Å². The van der Waals surface area contributed by atoms with Crippen molar-refractivity contribution in [3.05, 3.63) is 89.7 Å². The first-order valence-electron chi connectivity index (χ1n) is 12.4. The summed E-state index contributed by atoms with van der Waals surface area (Å²) in [6, 6.07) is 25.9. The van der Waals surface area contributed by atoms with E-state index in [4.69, 9.17) is 4.98 Å². The molecule has 3 aliphatic rings. The summed E-state index contributed by atoms with van der Waals surface area (Å²) in [7, 11) is 0. The number of H-pyrrole nitrogens is 1. The molecular weight excluding hydrogens is 434 g/mol. The Kier molecular flexibility index (Phi) is 4.74. The summed E-state index contributed by atoms with van der Waals surface area (Å²) in [6.45, 7) is 0.